The van der Waals surface area contributed by atoms with Gasteiger partial charge in [-0.25, -0.2) is 9.13 Å². The first-order valence-corrected chi connectivity index (χ1v) is 3.35. The third kappa shape index (κ3) is 4.32. The number of aromatic nitrogens is 2. The standard InChI is InChI=1S/C6H11N2O.N3/c1-7-2-3-8(6-7)4-5-9;1-3-2/h2-3,6,9H,4-5H2,1H3;/q+1;-1. The number of imidazole rings is 1. The summed E-state index contributed by atoms with van der Waals surface area (Å²) >= 11 is 0. The first kappa shape index (κ1) is 10.5. The van der Waals surface area contributed by atoms with Crippen molar-refractivity contribution < 1.29 is 9.67 Å². The fourth-order valence-electron chi connectivity index (χ4n) is 0.749. The van der Waals surface area contributed by atoms with Gasteiger partial charge >= 0.3 is 0 Å². The summed E-state index contributed by atoms with van der Waals surface area (Å²) in [6.07, 6.45) is 5.79. The van der Waals surface area contributed by atoms with Crippen molar-refractivity contribution in [1.29, 1.82) is 0 Å². The molecule has 0 saturated heterocycles. The molecule has 12 heavy (non-hydrogen) atoms. The van der Waals surface area contributed by atoms with Crippen molar-refractivity contribution in [2.75, 3.05) is 6.61 Å². The number of hydrogen-bond acceptors (Lipinski definition) is 1. The van der Waals surface area contributed by atoms with Gasteiger partial charge in [0.05, 0.1) is 13.7 Å². The SMILES string of the molecule is C[n+]1ccn(CCO)c1.[N-]=[N+]=[N-]. The molecular formula is C6H11N5O. The first-order valence-electron chi connectivity index (χ1n) is 3.35. The molecule has 0 unspecified atom stereocenters. The molecule has 6 heteroatoms. The lowest BCUT2D eigenvalue weighted by atomic mass is 10.7. The Morgan fingerprint density at radius 2 is 2.17 bits per heavy atom. The average molecular weight is 169 g/mol. The van der Waals surface area contributed by atoms with Crippen LogP contribution in [-0.4, -0.2) is 16.3 Å². The zero-order valence-corrected chi connectivity index (χ0v) is 6.83. The van der Waals surface area contributed by atoms with Gasteiger partial charge in [-0.15, -0.1) is 0 Å². The molecule has 0 fully saturated rings. The predicted molar refractivity (Wildman–Crippen MR) is 42.8 cm³/mol. The second-order valence-corrected chi connectivity index (χ2v) is 2.13. The van der Waals surface area contributed by atoms with Gasteiger partial charge < -0.3 is 16.2 Å². The number of aliphatic hydroxyl groups excluding tert-OH is 1. The van der Waals surface area contributed by atoms with Crippen molar-refractivity contribution in [1.82, 2.24) is 4.57 Å². The van der Waals surface area contributed by atoms with Crippen molar-refractivity contribution in [2.45, 2.75) is 6.54 Å². The fraction of sp³-hybridized carbons (Fsp3) is 0.500. The highest BCUT2D eigenvalue weighted by molar-refractivity contribution is 4.64. The maximum absolute atomic E-state index is 8.50. The summed E-state index contributed by atoms with van der Waals surface area (Å²) in [5.74, 6) is 0. The highest BCUT2D eigenvalue weighted by Crippen LogP contribution is 1.80. The Balaban J connectivity index is 0.000000354. The average Bonchev–Trinajstić information content (AvgIpc) is 2.38. The van der Waals surface area contributed by atoms with Gasteiger partial charge in [0.2, 0.25) is 6.33 Å². The summed E-state index contributed by atoms with van der Waals surface area (Å²) < 4.78 is 3.87. The van der Waals surface area contributed by atoms with E-state index >= 15 is 0 Å². The first-order chi connectivity index (χ1) is 5.74. The normalized spacial score (nSPS) is 8.17. The lowest BCUT2D eigenvalue weighted by Gasteiger charge is -1.86. The maximum atomic E-state index is 8.50. The number of aliphatic hydroxyl groups is 1. The third-order valence-corrected chi connectivity index (χ3v) is 1.18. The van der Waals surface area contributed by atoms with Crippen LogP contribution in [0.15, 0.2) is 18.7 Å². The molecule has 1 aromatic rings. The Bertz CT molecular complexity index is 250. The Morgan fingerprint density at radius 3 is 2.50 bits per heavy atom. The van der Waals surface area contributed by atoms with Gasteiger partial charge in [0.25, 0.3) is 0 Å². The molecule has 66 valence electrons. The lowest BCUT2D eigenvalue weighted by molar-refractivity contribution is -0.671. The van der Waals surface area contributed by atoms with Crippen LogP contribution in [0.2, 0.25) is 0 Å². The van der Waals surface area contributed by atoms with Crippen LogP contribution < -0.4 is 4.57 Å². The Hall–Kier alpha value is -1.52. The summed E-state index contributed by atoms with van der Waals surface area (Å²) in [4.78, 5) is 1.50. The number of nitrogens with zero attached hydrogens (tertiary/aromatic N) is 5. The van der Waals surface area contributed by atoms with Gasteiger partial charge in [-0.05, 0) is 0 Å². The molecular weight excluding hydrogens is 158 g/mol. The van der Waals surface area contributed by atoms with Crippen molar-refractivity contribution in [2.24, 2.45) is 7.05 Å². The zero-order chi connectivity index (χ0) is 9.40. The molecule has 0 aliphatic carbocycles. The fourth-order valence-corrected chi connectivity index (χ4v) is 0.749. The van der Waals surface area contributed by atoms with E-state index < -0.39 is 0 Å². The van der Waals surface area contributed by atoms with Gasteiger partial charge in [0, 0.05) is 0 Å². The molecule has 1 rings (SSSR count). The van der Waals surface area contributed by atoms with Crippen molar-refractivity contribution in [3.05, 3.63) is 34.7 Å². The molecule has 0 aromatic carbocycles. The maximum Gasteiger partial charge on any atom is 0.243 e. The van der Waals surface area contributed by atoms with E-state index in [1.807, 2.05) is 34.9 Å². The van der Waals surface area contributed by atoms with Crippen LogP contribution in [0.4, 0.5) is 0 Å². The largest absolute Gasteiger partial charge is 0.392 e. The molecule has 0 saturated carbocycles. The van der Waals surface area contributed by atoms with E-state index in [1.54, 1.807) is 0 Å². The van der Waals surface area contributed by atoms with Crippen LogP contribution in [0.25, 0.3) is 16.0 Å². The van der Waals surface area contributed by atoms with Gasteiger partial charge in [-0.3, -0.25) is 4.91 Å². The monoisotopic (exact) mass is 169 g/mol. The van der Waals surface area contributed by atoms with Crippen molar-refractivity contribution in [3.63, 3.8) is 0 Å². The van der Waals surface area contributed by atoms with Crippen LogP contribution in [0.3, 0.4) is 0 Å². The third-order valence-electron chi connectivity index (χ3n) is 1.18. The van der Waals surface area contributed by atoms with E-state index in [0.29, 0.717) is 6.54 Å². The summed E-state index contributed by atoms with van der Waals surface area (Å²) in [7, 11) is 1.95. The van der Waals surface area contributed by atoms with E-state index in [-0.39, 0.29) is 6.61 Å². The molecule has 0 radical (unpaired) electrons. The van der Waals surface area contributed by atoms with Crippen LogP contribution in [0.1, 0.15) is 0 Å². The molecule has 1 aromatic heterocycles. The van der Waals surface area contributed by atoms with Crippen LogP contribution in [0.5, 0.6) is 0 Å². The number of hydrogen-bond donors (Lipinski definition) is 1. The summed E-state index contributed by atoms with van der Waals surface area (Å²) in [5.41, 5.74) is 13.5. The van der Waals surface area contributed by atoms with E-state index in [4.69, 9.17) is 16.2 Å². The molecule has 0 spiro atoms. The number of rotatable bonds is 2. The minimum Gasteiger partial charge on any atom is -0.392 e. The van der Waals surface area contributed by atoms with E-state index in [2.05, 4.69) is 0 Å². The van der Waals surface area contributed by atoms with Crippen molar-refractivity contribution in [3.8, 4) is 0 Å². The summed E-state index contributed by atoms with van der Waals surface area (Å²) in [5, 5.41) is 8.50. The minimum absolute atomic E-state index is 0.203. The second-order valence-electron chi connectivity index (χ2n) is 2.13. The van der Waals surface area contributed by atoms with Gasteiger partial charge in [0.1, 0.15) is 18.9 Å². The predicted octanol–water partition coefficient (Wildman–Crippen LogP) is 0.171. The van der Waals surface area contributed by atoms with E-state index in [9.17, 15) is 0 Å². The quantitative estimate of drug-likeness (QED) is 0.291. The van der Waals surface area contributed by atoms with Crippen LogP contribution >= 0.6 is 0 Å². The van der Waals surface area contributed by atoms with Gasteiger partial charge in [0.15, 0.2) is 0 Å². The highest BCUT2D eigenvalue weighted by atomic mass is 16.3. The molecule has 0 aliphatic heterocycles. The summed E-state index contributed by atoms with van der Waals surface area (Å²) in [6.45, 7) is 0.884. The molecule has 1 N–H and O–H groups in total. The van der Waals surface area contributed by atoms with Crippen LogP contribution in [-0.2, 0) is 13.6 Å². The van der Waals surface area contributed by atoms with Gasteiger partial charge in [-0.2, -0.15) is 0 Å². The topological polar surface area (TPSA) is 87.7 Å². The molecule has 0 atom stereocenters. The molecule has 0 bridgehead atoms. The van der Waals surface area contributed by atoms with E-state index in [1.165, 1.54) is 4.91 Å². The zero-order valence-electron chi connectivity index (χ0n) is 6.83. The van der Waals surface area contributed by atoms with Crippen molar-refractivity contribution >= 4 is 0 Å². The second kappa shape index (κ2) is 6.21. The van der Waals surface area contributed by atoms with Crippen LogP contribution in [0, 0.1) is 0 Å². The summed E-state index contributed by atoms with van der Waals surface area (Å²) in [6, 6.07) is 0. The number of aryl methyl sites for hydroxylation is 1. The lowest BCUT2D eigenvalue weighted by Crippen LogP contribution is -2.23. The van der Waals surface area contributed by atoms with Gasteiger partial charge in [-0.1, -0.05) is 0 Å². The molecule has 1 heterocycles. The van der Waals surface area contributed by atoms with E-state index in [0.717, 1.165) is 0 Å². The smallest absolute Gasteiger partial charge is 0.243 e. The molecule has 0 amide bonds. The minimum atomic E-state index is 0.203. The Labute approximate surface area is 70.1 Å². The Kier molecular flexibility index (Phi) is 5.42. The highest BCUT2D eigenvalue weighted by Gasteiger charge is 1.95. The Morgan fingerprint density at radius 1 is 1.58 bits per heavy atom. The molecule has 6 nitrogen and oxygen atoms in total. The molecule has 0 aliphatic rings.